The van der Waals surface area contributed by atoms with Gasteiger partial charge in [-0.3, -0.25) is 0 Å². The Bertz CT molecular complexity index is 243. The van der Waals surface area contributed by atoms with Crippen molar-refractivity contribution < 1.29 is 0 Å². The largest absolute Gasteiger partial charge is 0.383 e. The van der Waals surface area contributed by atoms with Crippen molar-refractivity contribution in [3.63, 3.8) is 0 Å². The van der Waals surface area contributed by atoms with Crippen molar-refractivity contribution in [3.05, 3.63) is 6.07 Å². The highest BCUT2D eigenvalue weighted by atomic mass is 32.1. The number of nitrogen functional groups attached to an aromatic ring is 1. The second-order valence-corrected chi connectivity index (χ2v) is 3.98. The molecule has 0 aliphatic carbocycles. The van der Waals surface area contributed by atoms with Crippen LogP contribution in [0, 0.1) is 5.92 Å². The fourth-order valence-electron chi connectivity index (χ4n) is 1.19. The monoisotopic (exact) mass is 199 g/mol. The van der Waals surface area contributed by atoms with Crippen molar-refractivity contribution >= 4 is 22.4 Å². The van der Waals surface area contributed by atoms with Crippen molar-refractivity contribution in [2.75, 3.05) is 17.6 Å². The third-order valence-corrected chi connectivity index (χ3v) is 3.01. The molecule has 3 nitrogen and oxygen atoms in total. The van der Waals surface area contributed by atoms with E-state index in [2.05, 4.69) is 23.5 Å². The van der Waals surface area contributed by atoms with Crippen LogP contribution in [0.3, 0.4) is 0 Å². The van der Waals surface area contributed by atoms with Crippen LogP contribution >= 0.6 is 11.5 Å². The van der Waals surface area contributed by atoms with Crippen LogP contribution in [0.5, 0.6) is 0 Å². The predicted octanol–water partition coefficient (Wildman–Crippen LogP) is 2.57. The lowest BCUT2D eigenvalue weighted by molar-refractivity contribution is 0.519. The van der Waals surface area contributed by atoms with Crippen molar-refractivity contribution in [3.8, 4) is 0 Å². The summed E-state index contributed by atoms with van der Waals surface area (Å²) in [7, 11) is 0. The van der Waals surface area contributed by atoms with Gasteiger partial charge >= 0.3 is 0 Å². The molecule has 3 N–H and O–H groups in total. The number of hydrogen-bond donors (Lipinski definition) is 2. The molecule has 0 aliphatic rings. The lowest BCUT2D eigenvalue weighted by Crippen LogP contribution is -2.11. The predicted molar refractivity (Wildman–Crippen MR) is 59.1 cm³/mol. The van der Waals surface area contributed by atoms with Gasteiger partial charge < -0.3 is 11.1 Å². The maximum absolute atomic E-state index is 5.51. The summed E-state index contributed by atoms with van der Waals surface area (Å²) >= 11 is 1.43. The number of rotatable bonds is 5. The van der Waals surface area contributed by atoms with Gasteiger partial charge in [0.2, 0.25) is 0 Å². The topological polar surface area (TPSA) is 50.9 Å². The second kappa shape index (κ2) is 5.07. The minimum Gasteiger partial charge on any atom is -0.383 e. The normalized spacial score (nSPS) is 10.7. The summed E-state index contributed by atoms with van der Waals surface area (Å²) in [5.41, 5.74) is 5.51. The first-order valence-corrected chi connectivity index (χ1v) is 5.49. The Morgan fingerprint density at radius 3 is 2.69 bits per heavy atom. The van der Waals surface area contributed by atoms with E-state index in [0.717, 1.165) is 17.5 Å². The molecule has 13 heavy (non-hydrogen) atoms. The zero-order valence-corrected chi connectivity index (χ0v) is 9.03. The summed E-state index contributed by atoms with van der Waals surface area (Å²) in [5, 5.41) is 4.42. The Labute approximate surface area is 83.5 Å². The van der Waals surface area contributed by atoms with E-state index in [0.29, 0.717) is 5.82 Å². The van der Waals surface area contributed by atoms with Gasteiger partial charge in [0, 0.05) is 12.6 Å². The number of nitrogens with two attached hydrogens (primary N) is 1. The van der Waals surface area contributed by atoms with E-state index in [1.807, 2.05) is 6.07 Å². The number of nitrogens with zero attached hydrogens (tertiary/aromatic N) is 1. The molecule has 0 fully saturated rings. The molecule has 0 saturated heterocycles. The number of aromatic nitrogens is 1. The van der Waals surface area contributed by atoms with Gasteiger partial charge in [0.25, 0.3) is 0 Å². The fourth-order valence-corrected chi connectivity index (χ4v) is 1.77. The highest BCUT2D eigenvalue weighted by Gasteiger charge is 2.03. The zero-order valence-electron chi connectivity index (χ0n) is 8.21. The minimum absolute atomic E-state index is 0.608. The molecule has 0 unspecified atom stereocenters. The van der Waals surface area contributed by atoms with Gasteiger partial charge in [-0.25, -0.2) is 0 Å². The van der Waals surface area contributed by atoms with E-state index in [1.54, 1.807) is 0 Å². The molecule has 1 aromatic rings. The lowest BCUT2D eigenvalue weighted by atomic mass is 10.0. The molecule has 0 spiro atoms. The molecule has 0 bridgehead atoms. The average molecular weight is 199 g/mol. The first-order chi connectivity index (χ1) is 6.26. The summed E-state index contributed by atoms with van der Waals surface area (Å²) in [5.74, 6) is 1.36. The Morgan fingerprint density at radius 2 is 2.23 bits per heavy atom. The summed E-state index contributed by atoms with van der Waals surface area (Å²) in [6.07, 6.45) is 2.44. The SMILES string of the molecule is CCC(CC)CNc1cc(N)ns1. The van der Waals surface area contributed by atoms with E-state index in [-0.39, 0.29) is 0 Å². The van der Waals surface area contributed by atoms with Crippen LogP contribution in [-0.4, -0.2) is 10.9 Å². The van der Waals surface area contributed by atoms with Crippen LogP contribution < -0.4 is 11.1 Å². The van der Waals surface area contributed by atoms with Crippen LogP contribution in [0.25, 0.3) is 0 Å². The highest BCUT2D eigenvalue weighted by Crippen LogP contribution is 2.18. The van der Waals surface area contributed by atoms with Crippen molar-refractivity contribution in [1.29, 1.82) is 0 Å². The second-order valence-electron chi connectivity index (χ2n) is 3.18. The maximum Gasteiger partial charge on any atom is 0.139 e. The van der Waals surface area contributed by atoms with Gasteiger partial charge in [0.1, 0.15) is 10.8 Å². The molecule has 0 aromatic carbocycles. The van der Waals surface area contributed by atoms with Crippen molar-refractivity contribution in [2.45, 2.75) is 26.7 Å². The van der Waals surface area contributed by atoms with Crippen LogP contribution in [0.2, 0.25) is 0 Å². The van der Waals surface area contributed by atoms with Gasteiger partial charge in [0.05, 0.1) is 0 Å². The van der Waals surface area contributed by atoms with Crippen molar-refractivity contribution in [2.24, 2.45) is 5.92 Å². The molecule has 1 aromatic heterocycles. The lowest BCUT2D eigenvalue weighted by Gasteiger charge is -2.12. The maximum atomic E-state index is 5.51. The molecular weight excluding hydrogens is 182 g/mol. The van der Waals surface area contributed by atoms with Crippen LogP contribution in [-0.2, 0) is 0 Å². The van der Waals surface area contributed by atoms with E-state index < -0.39 is 0 Å². The molecule has 4 heteroatoms. The van der Waals surface area contributed by atoms with Gasteiger partial charge in [0.15, 0.2) is 0 Å². The Hall–Kier alpha value is -0.770. The zero-order chi connectivity index (χ0) is 9.68. The van der Waals surface area contributed by atoms with Gasteiger partial charge in [-0.1, -0.05) is 26.7 Å². The molecule has 0 saturated carbocycles. The van der Waals surface area contributed by atoms with E-state index >= 15 is 0 Å². The molecule has 1 rings (SSSR count). The molecule has 0 aliphatic heterocycles. The number of hydrogen-bond acceptors (Lipinski definition) is 4. The van der Waals surface area contributed by atoms with Crippen LogP contribution in [0.15, 0.2) is 6.07 Å². The molecule has 0 amide bonds. The molecule has 0 radical (unpaired) electrons. The summed E-state index contributed by atoms with van der Waals surface area (Å²) in [6.45, 7) is 5.46. The van der Waals surface area contributed by atoms with E-state index in [9.17, 15) is 0 Å². The highest BCUT2D eigenvalue weighted by molar-refractivity contribution is 7.10. The third-order valence-electron chi connectivity index (χ3n) is 2.25. The third kappa shape index (κ3) is 3.22. The number of nitrogens with one attached hydrogen (secondary N) is 1. The standard InChI is InChI=1S/C9H17N3S/c1-3-7(4-2)6-11-9-5-8(10)12-13-9/h5,7,11H,3-4,6H2,1-2H3,(H2,10,12). The Kier molecular flexibility index (Phi) is 4.02. The van der Waals surface area contributed by atoms with E-state index in [4.69, 9.17) is 5.73 Å². The minimum atomic E-state index is 0.608. The molecular formula is C9H17N3S. The van der Waals surface area contributed by atoms with Crippen LogP contribution in [0.1, 0.15) is 26.7 Å². The Balaban J connectivity index is 2.33. The van der Waals surface area contributed by atoms with Gasteiger partial charge in [-0.05, 0) is 17.5 Å². The first-order valence-electron chi connectivity index (χ1n) is 4.72. The van der Waals surface area contributed by atoms with Crippen molar-refractivity contribution in [1.82, 2.24) is 4.37 Å². The molecule has 1 heterocycles. The van der Waals surface area contributed by atoms with Gasteiger partial charge in [-0.15, -0.1) is 0 Å². The molecule has 74 valence electrons. The van der Waals surface area contributed by atoms with E-state index in [1.165, 1.54) is 24.4 Å². The smallest absolute Gasteiger partial charge is 0.139 e. The summed E-state index contributed by atoms with van der Waals surface area (Å²) < 4.78 is 4.00. The average Bonchev–Trinajstić information content (AvgIpc) is 2.53. The fraction of sp³-hybridized carbons (Fsp3) is 0.667. The van der Waals surface area contributed by atoms with Crippen LogP contribution in [0.4, 0.5) is 10.8 Å². The number of anilines is 2. The summed E-state index contributed by atoms with van der Waals surface area (Å²) in [6, 6.07) is 1.88. The first kappa shape index (κ1) is 10.3. The van der Waals surface area contributed by atoms with Gasteiger partial charge in [-0.2, -0.15) is 4.37 Å². The quantitative estimate of drug-likeness (QED) is 0.766. The molecule has 0 atom stereocenters. The summed E-state index contributed by atoms with van der Waals surface area (Å²) in [4.78, 5) is 0. The Morgan fingerprint density at radius 1 is 1.54 bits per heavy atom.